The Kier molecular flexibility index (Phi) is 6.33. The van der Waals surface area contributed by atoms with Crippen molar-refractivity contribution in [3.05, 3.63) is 39.2 Å². The molecule has 144 valence electrons. The minimum atomic E-state index is -0.535. The summed E-state index contributed by atoms with van der Waals surface area (Å²) in [7, 11) is 1.92. The SMILES string of the molecule is Cn1c(SCC(=O)Nc2cc([N+](=O)[O-])ccc2Cl)nnc1C1CCCCC1. The molecule has 1 heterocycles. The first-order valence-electron chi connectivity index (χ1n) is 8.71. The van der Waals surface area contributed by atoms with Crippen molar-refractivity contribution in [3.63, 3.8) is 0 Å². The molecule has 1 amide bonds. The lowest BCUT2D eigenvalue weighted by molar-refractivity contribution is -0.384. The maximum atomic E-state index is 12.2. The molecular weight excluding hydrogens is 390 g/mol. The molecule has 0 aliphatic heterocycles. The summed E-state index contributed by atoms with van der Waals surface area (Å²) in [4.78, 5) is 22.5. The molecule has 1 aromatic heterocycles. The van der Waals surface area contributed by atoms with Crippen molar-refractivity contribution in [3.8, 4) is 0 Å². The Labute approximate surface area is 165 Å². The Morgan fingerprint density at radius 2 is 2.11 bits per heavy atom. The van der Waals surface area contributed by atoms with Gasteiger partial charge in [-0.25, -0.2) is 0 Å². The molecule has 2 aromatic rings. The number of nitro groups is 1. The first-order valence-corrected chi connectivity index (χ1v) is 10.1. The number of benzene rings is 1. The number of nitrogens with zero attached hydrogens (tertiary/aromatic N) is 4. The molecular formula is C17H20ClN5O3S. The Morgan fingerprint density at radius 3 is 2.81 bits per heavy atom. The van der Waals surface area contributed by atoms with E-state index in [1.54, 1.807) is 0 Å². The summed E-state index contributed by atoms with van der Waals surface area (Å²) in [5.74, 6) is 1.20. The zero-order valence-electron chi connectivity index (χ0n) is 14.9. The number of nitrogens with one attached hydrogen (secondary N) is 1. The molecule has 0 radical (unpaired) electrons. The lowest BCUT2D eigenvalue weighted by Crippen LogP contribution is -2.15. The van der Waals surface area contributed by atoms with E-state index in [4.69, 9.17) is 11.6 Å². The molecule has 1 fully saturated rings. The van der Waals surface area contributed by atoms with Gasteiger partial charge in [-0.3, -0.25) is 14.9 Å². The van der Waals surface area contributed by atoms with Gasteiger partial charge in [-0.15, -0.1) is 10.2 Å². The predicted molar refractivity (Wildman–Crippen MR) is 104 cm³/mol. The third-order valence-electron chi connectivity index (χ3n) is 4.61. The van der Waals surface area contributed by atoms with Crippen molar-refractivity contribution in [2.24, 2.45) is 7.05 Å². The topological polar surface area (TPSA) is 103 Å². The fourth-order valence-electron chi connectivity index (χ4n) is 3.21. The second-order valence-electron chi connectivity index (χ2n) is 6.49. The first kappa shape index (κ1) is 19.6. The van der Waals surface area contributed by atoms with Crippen LogP contribution in [0.25, 0.3) is 0 Å². The predicted octanol–water partition coefficient (Wildman–Crippen LogP) is 4.16. The molecule has 1 aliphatic rings. The number of non-ortho nitro benzene ring substituents is 1. The number of nitro benzene ring substituents is 1. The Bertz CT molecular complexity index is 851. The summed E-state index contributed by atoms with van der Waals surface area (Å²) in [6.45, 7) is 0. The van der Waals surface area contributed by atoms with Gasteiger partial charge < -0.3 is 9.88 Å². The van der Waals surface area contributed by atoms with E-state index in [-0.39, 0.29) is 28.1 Å². The molecule has 27 heavy (non-hydrogen) atoms. The summed E-state index contributed by atoms with van der Waals surface area (Å²) in [5, 5.41) is 22.9. The summed E-state index contributed by atoms with van der Waals surface area (Å²) < 4.78 is 1.95. The van der Waals surface area contributed by atoms with Gasteiger partial charge in [0.05, 0.1) is 21.4 Å². The number of hydrogen-bond acceptors (Lipinski definition) is 6. The van der Waals surface area contributed by atoms with E-state index in [0.29, 0.717) is 11.1 Å². The van der Waals surface area contributed by atoms with Crippen LogP contribution in [-0.2, 0) is 11.8 Å². The molecule has 1 saturated carbocycles. The molecule has 0 spiro atoms. The fourth-order valence-corrected chi connectivity index (χ4v) is 4.09. The van der Waals surface area contributed by atoms with E-state index in [0.717, 1.165) is 18.7 Å². The van der Waals surface area contributed by atoms with E-state index in [9.17, 15) is 14.9 Å². The Hall–Kier alpha value is -2.13. The van der Waals surface area contributed by atoms with E-state index < -0.39 is 4.92 Å². The highest BCUT2D eigenvalue weighted by Crippen LogP contribution is 2.33. The van der Waals surface area contributed by atoms with Crippen LogP contribution in [0.3, 0.4) is 0 Å². The van der Waals surface area contributed by atoms with Crippen molar-refractivity contribution in [1.82, 2.24) is 14.8 Å². The van der Waals surface area contributed by atoms with Gasteiger partial charge in [-0.2, -0.15) is 0 Å². The van der Waals surface area contributed by atoms with E-state index in [1.165, 1.54) is 49.2 Å². The van der Waals surface area contributed by atoms with Crippen LogP contribution in [0.5, 0.6) is 0 Å². The maximum absolute atomic E-state index is 12.2. The molecule has 0 saturated heterocycles. The fraction of sp³-hybridized carbons (Fsp3) is 0.471. The molecule has 1 aromatic carbocycles. The van der Waals surface area contributed by atoms with Crippen molar-refractivity contribution in [1.29, 1.82) is 0 Å². The lowest BCUT2D eigenvalue weighted by atomic mass is 9.89. The van der Waals surface area contributed by atoms with Crippen LogP contribution in [0.2, 0.25) is 5.02 Å². The highest BCUT2D eigenvalue weighted by Gasteiger charge is 2.22. The molecule has 10 heteroatoms. The van der Waals surface area contributed by atoms with E-state index >= 15 is 0 Å². The van der Waals surface area contributed by atoms with Crippen LogP contribution in [0.1, 0.15) is 43.8 Å². The molecule has 0 bridgehead atoms. The van der Waals surface area contributed by atoms with Crippen molar-refractivity contribution in [2.75, 3.05) is 11.1 Å². The van der Waals surface area contributed by atoms with Crippen molar-refractivity contribution in [2.45, 2.75) is 43.2 Å². The summed E-state index contributed by atoms with van der Waals surface area (Å²) in [6.07, 6.45) is 5.96. The van der Waals surface area contributed by atoms with Crippen molar-refractivity contribution < 1.29 is 9.72 Å². The van der Waals surface area contributed by atoms with Crippen LogP contribution >= 0.6 is 23.4 Å². The molecule has 1 N–H and O–H groups in total. The molecule has 0 atom stereocenters. The number of amides is 1. The van der Waals surface area contributed by atoms with Crippen LogP contribution in [0.4, 0.5) is 11.4 Å². The van der Waals surface area contributed by atoms with Gasteiger partial charge in [-0.05, 0) is 18.9 Å². The van der Waals surface area contributed by atoms with Crippen molar-refractivity contribution >= 4 is 40.6 Å². The van der Waals surface area contributed by atoms with Gasteiger partial charge in [-0.1, -0.05) is 42.6 Å². The number of aromatic nitrogens is 3. The second-order valence-corrected chi connectivity index (χ2v) is 7.84. The second kappa shape index (κ2) is 8.71. The van der Waals surface area contributed by atoms with Gasteiger partial charge in [0.25, 0.3) is 5.69 Å². The number of rotatable bonds is 6. The van der Waals surface area contributed by atoms with Crippen LogP contribution in [-0.4, -0.2) is 31.3 Å². The average Bonchev–Trinajstić information content (AvgIpc) is 3.03. The first-order chi connectivity index (χ1) is 13.0. The quantitative estimate of drug-likeness (QED) is 0.436. The Balaban J connectivity index is 1.60. The molecule has 0 unspecified atom stereocenters. The zero-order chi connectivity index (χ0) is 19.4. The smallest absolute Gasteiger partial charge is 0.271 e. The van der Waals surface area contributed by atoms with Crippen LogP contribution in [0, 0.1) is 10.1 Å². The minimum absolute atomic E-state index is 0.107. The highest BCUT2D eigenvalue weighted by atomic mass is 35.5. The minimum Gasteiger partial charge on any atom is -0.324 e. The average molecular weight is 410 g/mol. The number of anilines is 1. The van der Waals surface area contributed by atoms with Gasteiger partial charge >= 0.3 is 0 Å². The molecule has 8 nitrogen and oxygen atoms in total. The normalized spacial score (nSPS) is 14.9. The molecule has 3 rings (SSSR count). The number of halogens is 1. The number of carbonyl (C=O) groups is 1. The van der Waals surface area contributed by atoms with E-state index in [1.807, 2.05) is 11.6 Å². The largest absolute Gasteiger partial charge is 0.324 e. The van der Waals surface area contributed by atoms with Gasteiger partial charge in [0, 0.05) is 25.1 Å². The summed E-state index contributed by atoms with van der Waals surface area (Å²) in [5.41, 5.74) is 0.0881. The standard InChI is InChI=1S/C17H20ClN5O3S/c1-22-16(11-5-3-2-4-6-11)20-21-17(22)27-10-15(24)19-14-9-12(23(25)26)7-8-13(14)18/h7-9,11H,2-6,10H2,1H3,(H,19,24). The molecule has 1 aliphatic carbocycles. The Morgan fingerprint density at radius 1 is 1.37 bits per heavy atom. The summed E-state index contributed by atoms with van der Waals surface area (Å²) >= 11 is 7.28. The van der Waals surface area contributed by atoms with Crippen LogP contribution in [0.15, 0.2) is 23.4 Å². The van der Waals surface area contributed by atoms with Gasteiger partial charge in [0.2, 0.25) is 5.91 Å². The number of carbonyl (C=O) groups excluding carboxylic acids is 1. The monoisotopic (exact) mass is 409 g/mol. The highest BCUT2D eigenvalue weighted by molar-refractivity contribution is 7.99. The van der Waals surface area contributed by atoms with Gasteiger partial charge in [0.15, 0.2) is 5.16 Å². The third kappa shape index (κ3) is 4.78. The van der Waals surface area contributed by atoms with Crippen LogP contribution < -0.4 is 5.32 Å². The lowest BCUT2D eigenvalue weighted by Gasteiger charge is -2.20. The zero-order valence-corrected chi connectivity index (χ0v) is 16.4. The summed E-state index contributed by atoms with van der Waals surface area (Å²) in [6, 6.07) is 3.93. The van der Waals surface area contributed by atoms with E-state index in [2.05, 4.69) is 15.5 Å². The third-order valence-corrected chi connectivity index (χ3v) is 5.96. The number of thioether (sulfide) groups is 1. The number of hydrogen-bond donors (Lipinski definition) is 1. The van der Waals surface area contributed by atoms with Gasteiger partial charge in [0.1, 0.15) is 5.82 Å². The maximum Gasteiger partial charge on any atom is 0.271 e.